The van der Waals surface area contributed by atoms with Gasteiger partial charge in [0.05, 0.1) is 10.5 Å². The van der Waals surface area contributed by atoms with Gasteiger partial charge < -0.3 is 0 Å². The highest BCUT2D eigenvalue weighted by Gasteiger charge is 2.30. The van der Waals surface area contributed by atoms with Gasteiger partial charge in [0.25, 0.3) is 16.4 Å². The van der Waals surface area contributed by atoms with Crippen LogP contribution in [0.2, 0.25) is 0 Å². The van der Waals surface area contributed by atoms with Crippen molar-refractivity contribution in [3.63, 3.8) is 0 Å². The highest BCUT2D eigenvalue weighted by molar-refractivity contribution is 14.1. The molecule has 0 radical (unpaired) electrons. The molecule has 0 spiro atoms. The smallest absolute Gasteiger partial charge is 0.258 e. The Balaban J connectivity index is 3.69. The third-order valence-corrected chi connectivity index (χ3v) is 3.68. The molecule has 1 aromatic heterocycles. The maximum atomic E-state index is 12.7. The van der Waals surface area contributed by atoms with Gasteiger partial charge in [-0.1, -0.05) is 0 Å². The van der Waals surface area contributed by atoms with Crippen LogP contribution in [0, 0.1) is 13.7 Å². The molecule has 0 aliphatic rings. The molecule has 0 saturated heterocycles. The molecule has 1 heterocycles. The Hall–Kier alpha value is -0.950. The molecule has 0 aliphatic carbocycles. The zero-order valence-corrected chi connectivity index (χ0v) is 10.8. The molecule has 0 saturated carbocycles. The fourth-order valence-corrected chi connectivity index (χ4v) is 2.73. The number of nitrogens with zero attached hydrogens (tertiary/aromatic N) is 2. The van der Waals surface area contributed by atoms with Crippen molar-refractivity contribution in [2.45, 2.75) is 11.5 Å². The number of nitrogens with two attached hydrogens (primary N) is 1. The van der Waals surface area contributed by atoms with Gasteiger partial charge in [-0.05, 0) is 22.6 Å². The molecule has 0 aliphatic heterocycles. The molecule has 2 N–H and O–H groups in total. The van der Waals surface area contributed by atoms with Crippen LogP contribution in [0.4, 0.5) is 14.5 Å². The first kappa shape index (κ1) is 14.1. The van der Waals surface area contributed by atoms with Gasteiger partial charge in [0, 0.05) is 0 Å². The second kappa shape index (κ2) is 4.73. The van der Waals surface area contributed by atoms with E-state index < -0.39 is 41.2 Å². The van der Waals surface area contributed by atoms with Gasteiger partial charge in [0.1, 0.15) is 9.77 Å². The second-order valence-corrected chi connectivity index (χ2v) is 5.33. The Morgan fingerprint density at radius 1 is 1.53 bits per heavy atom. The minimum Gasteiger partial charge on any atom is -0.258 e. The van der Waals surface area contributed by atoms with Crippen molar-refractivity contribution in [3.8, 4) is 0 Å². The molecule has 1 aromatic rings. The summed E-state index contributed by atoms with van der Waals surface area (Å²) in [5, 5.41) is 14.1. The van der Waals surface area contributed by atoms with Crippen molar-refractivity contribution in [2.24, 2.45) is 5.14 Å². The number of primary sulfonamides is 1. The van der Waals surface area contributed by atoms with Crippen molar-refractivity contribution < 1.29 is 22.1 Å². The third kappa shape index (κ3) is 2.84. The summed E-state index contributed by atoms with van der Waals surface area (Å²) in [6.07, 6.45) is -2.66. The summed E-state index contributed by atoms with van der Waals surface area (Å²) in [6.45, 7) is 0. The molecule has 0 fully saturated rings. The van der Waals surface area contributed by atoms with Gasteiger partial charge in [-0.15, -0.1) is 0 Å². The monoisotopic (exact) mass is 379 g/mol. The normalized spacial score (nSPS) is 11.8. The minimum atomic E-state index is -4.46. The summed E-state index contributed by atoms with van der Waals surface area (Å²) >= 11 is 1.26. The van der Waals surface area contributed by atoms with Crippen LogP contribution in [0.25, 0.3) is 0 Å². The van der Waals surface area contributed by atoms with Gasteiger partial charge in [-0.3, -0.25) is 10.1 Å². The van der Waals surface area contributed by atoms with Crippen LogP contribution >= 0.6 is 22.6 Å². The number of hydrogen-bond donors (Lipinski definition) is 1. The first-order chi connectivity index (χ1) is 7.66. The Labute approximate surface area is 107 Å². The molecule has 0 unspecified atom stereocenters. The van der Waals surface area contributed by atoms with Gasteiger partial charge >= 0.3 is 5.69 Å². The van der Waals surface area contributed by atoms with E-state index in [9.17, 15) is 27.3 Å². The number of hydrogen-bond acceptors (Lipinski definition) is 5. The van der Waals surface area contributed by atoms with E-state index in [-0.39, 0.29) is 0 Å². The van der Waals surface area contributed by atoms with Crippen LogP contribution in [-0.4, -0.2) is 18.3 Å². The predicted octanol–water partition coefficient (Wildman–Crippen LogP) is 1.18. The lowest BCUT2D eigenvalue weighted by atomic mass is 10.3. The summed E-state index contributed by atoms with van der Waals surface area (Å²) in [4.78, 5) is 12.7. The van der Waals surface area contributed by atoms with Crippen LogP contribution in [0.1, 0.15) is 12.0 Å². The van der Waals surface area contributed by atoms with Crippen LogP contribution in [-0.2, 0) is 10.0 Å². The van der Waals surface area contributed by atoms with Crippen molar-refractivity contribution >= 4 is 38.3 Å². The highest BCUT2D eigenvalue weighted by Crippen LogP contribution is 2.33. The van der Waals surface area contributed by atoms with E-state index in [0.29, 0.717) is 6.20 Å². The molecule has 7 nitrogen and oxygen atoms in total. The van der Waals surface area contributed by atoms with Crippen molar-refractivity contribution in [1.82, 2.24) is 4.98 Å². The second-order valence-electron chi connectivity index (χ2n) is 2.78. The Morgan fingerprint density at radius 3 is 2.41 bits per heavy atom. The quantitative estimate of drug-likeness (QED) is 0.481. The predicted molar refractivity (Wildman–Crippen MR) is 59.9 cm³/mol. The molecule has 94 valence electrons. The topological polar surface area (TPSA) is 116 Å². The van der Waals surface area contributed by atoms with Gasteiger partial charge in [0.2, 0.25) is 0 Å². The Morgan fingerprint density at radius 2 is 2.06 bits per heavy atom. The largest absolute Gasteiger partial charge is 0.301 e. The maximum absolute atomic E-state index is 12.7. The van der Waals surface area contributed by atoms with Gasteiger partial charge in [-0.25, -0.2) is 27.3 Å². The number of halogens is 3. The lowest BCUT2D eigenvalue weighted by molar-refractivity contribution is -0.386. The van der Waals surface area contributed by atoms with E-state index in [1.165, 1.54) is 22.6 Å². The summed E-state index contributed by atoms with van der Waals surface area (Å²) in [7, 11) is -4.46. The number of pyridine rings is 1. The number of nitro groups is 1. The van der Waals surface area contributed by atoms with E-state index in [4.69, 9.17) is 5.14 Å². The minimum absolute atomic E-state index is 0.498. The van der Waals surface area contributed by atoms with E-state index in [0.717, 1.165) is 0 Å². The molecule has 0 aromatic carbocycles. The Bertz CT molecular complexity index is 577. The molecule has 0 atom stereocenters. The number of sulfonamides is 1. The standard InChI is InChI=1S/C6H4F2IN3O4S/c7-5(8)3-4(9)2(12(13)14)1-11-6(3)17(10,15)16/h1,5H,(H2,10,15,16). The summed E-state index contributed by atoms with van der Waals surface area (Å²) < 4.78 is 46.9. The first-order valence-electron chi connectivity index (χ1n) is 3.80. The van der Waals surface area contributed by atoms with Crippen LogP contribution in [0.5, 0.6) is 0 Å². The summed E-state index contributed by atoms with van der Waals surface area (Å²) in [5.74, 6) is 0. The fourth-order valence-electron chi connectivity index (χ4n) is 1.02. The van der Waals surface area contributed by atoms with Gasteiger partial charge in [-0.2, -0.15) is 0 Å². The third-order valence-electron chi connectivity index (χ3n) is 1.68. The van der Waals surface area contributed by atoms with Crippen LogP contribution in [0.15, 0.2) is 11.2 Å². The lowest BCUT2D eigenvalue weighted by Crippen LogP contribution is -2.18. The van der Waals surface area contributed by atoms with Crippen LogP contribution < -0.4 is 5.14 Å². The molecular formula is C6H4F2IN3O4S. The van der Waals surface area contributed by atoms with E-state index in [2.05, 4.69) is 4.98 Å². The average Bonchev–Trinajstić information content (AvgIpc) is 2.14. The molecule has 1 rings (SSSR count). The van der Waals surface area contributed by atoms with Crippen LogP contribution in [0.3, 0.4) is 0 Å². The zero-order valence-electron chi connectivity index (χ0n) is 7.80. The molecule has 0 bridgehead atoms. The zero-order chi connectivity index (χ0) is 13.4. The SMILES string of the molecule is NS(=O)(=O)c1ncc([N+](=O)[O-])c(I)c1C(F)F. The molecule has 11 heteroatoms. The average molecular weight is 379 g/mol. The summed E-state index contributed by atoms with van der Waals surface area (Å²) in [6, 6.07) is 0. The van der Waals surface area contributed by atoms with E-state index in [1.807, 2.05) is 0 Å². The Kier molecular flexibility index (Phi) is 3.93. The number of rotatable bonds is 3. The van der Waals surface area contributed by atoms with Crippen molar-refractivity contribution in [3.05, 3.63) is 25.4 Å². The molecule has 0 amide bonds. The van der Waals surface area contributed by atoms with Crippen molar-refractivity contribution in [1.29, 1.82) is 0 Å². The first-order valence-corrected chi connectivity index (χ1v) is 6.42. The summed E-state index contributed by atoms with van der Waals surface area (Å²) in [5.41, 5.74) is -1.75. The number of aromatic nitrogens is 1. The molecule has 17 heavy (non-hydrogen) atoms. The number of alkyl halides is 2. The maximum Gasteiger partial charge on any atom is 0.301 e. The fraction of sp³-hybridized carbons (Fsp3) is 0.167. The van der Waals surface area contributed by atoms with Crippen molar-refractivity contribution in [2.75, 3.05) is 0 Å². The highest BCUT2D eigenvalue weighted by atomic mass is 127. The van der Waals surface area contributed by atoms with Gasteiger partial charge in [0.15, 0.2) is 5.03 Å². The van der Waals surface area contributed by atoms with E-state index in [1.54, 1.807) is 0 Å². The molecular weight excluding hydrogens is 375 g/mol. The van der Waals surface area contributed by atoms with E-state index >= 15 is 0 Å². The lowest BCUT2D eigenvalue weighted by Gasteiger charge is -2.08.